The van der Waals surface area contributed by atoms with Crippen LogP contribution in [-0.4, -0.2) is 46.3 Å². The second-order valence-electron chi connectivity index (χ2n) is 4.04. The van der Waals surface area contributed by atoms with E-state index >= 15 is 0 Å². The summed E-state index contributed by atoms with van der Waals surface area (Å²) >= 11 is 1.81. The molecular weight excluding hydrogens is 262 g/mol. The summed E-state index contributed by atoms with van der Waals surface area (Å²) in [6.07, 6.45) is 1.88. The van der Waals surface area contributed by atoms with Crippen molar-refractivity contribution < 1.29 is 5.11 Å². The molecule has 19 heavy (non-hydrogen) atoms. The minimum Gasteiger partial charge on any atom is -0.396 e. The second-order valence-corrected chi connectivity index (χ2v) is 5.26. The van der Waals surface area contributed by atoms with E-state index in [2.05, 4.69) is 27.5 Å². The number of aliphatic hydroxyl groups excluding tert-OH is 1. The lowest BCUT2D eigenvalue weighted by atomic mass is 10.4. The molecule has 7 heteroatoms. The van der Waals surface area contributed by atoms with E-state index in [1.807, 2.05) is 6.07 Å². The van der Waals surface area contributed by atoms with Gasteiger partial charge in [-0.05, 0) is 18.6 Å². The first-order chi connectivity index (χ1) is 9.26. The van der Waals surface area contributed by atoms with Crippen molar-refractivity contribution in [3.63, 3.8) is 0 Å². The van der Waals surface area contributed by atoms with Crippen molar-refractivity contribution in [3.05, 3.63) is 6.07 Å². The van der Waals surface area contributed by atoms with Crippen LogP contribution in [0.15, 0.2) is 6.07 Å². The van der Waals surface area contributed by atoms with Gasteiger partial charge in [0.15, 0.2) is 0 Å². The Morgan fingerprint density at radius 1 is 1.21 bits per heavy atom. The number of nitrogens with one attached hydrogen (secondary N) is 2. The summed E-state index contributed by atoms with van der Waals surface area (Å²) in [5.41, 5.74) is 5.67. The van der Waals surface area contributed by atoms with Gasteiger partial charge in [0, 0.05) is 31.5 Å². The predicted octanol–water partition coefficient (Wildman–Crippen LogP) is 1.41. The Kier molecular flexibility index (Phi) is 8.08. The Morgan fingerprint density at radius 2 is 1.89 bits per heavy atom. The molecule has 0 fully saturated rings. The highest BCUT2D eigenvalue weighted by molar-refractivity contribution is 7.99. The minimum atomic E-state index is 0.259. The highest BCUT2D eigenvalue weighted by atomic mass is 32.2. The number of nitrogens with two attached hydrogens (primary N) is 1. The van der Waals surface area contributed by atoms with Crippen molar-refractivity contribution in [2.75, 3.05) is 47.6 Å². The van der Waals surface area contributed by atoms with Gasteiger partial charge in [-0.1, -0.05) is 6.92 Å². The largest absolute Gasteiger partial charge is 0.396 e. The lowest BCUT2D eigenvalue weighted by molar-refractivity contribution is 0.296. The average molecular weight is 285 g/mol. The summed E-state index contributed by atoms with van der Waals surface area (Å²) in [6.45, 7) is 4.04. The number of aliphatic hydroxyl groups is 1. The Bertz CT molecular complexity index is 364. The third kappa shape index (κ3) is 7.07. The van der Waals surface area contributed by atoms with E-state index in [9.17, 15) is 0 Å². The maximum Gasteiger partial charge on any atom is 0.223 e. The zero-order chi connectivity index (χ0) is 13.9. The number of anilines is 3. The molecule has 0 saturated carbocycles. The topological polar surface area (TPSA) is 96.1 Å². The first-order valence-corrected chi connectivity index (χ1v) is 7.72. The Morgan fingerprint density at radius 3 is 2.53 bits per heavy atom. The summed E-state index contributed by atoms with van der Waals surface area (Å²) < 4.78 is 0. The fourth-order valence-corrected chi connectivity index (χ4v) is 2.20. The van der Waals surface area contributed by atoms with E-state index in [4.69, 9.17) is 10.8 Å². The maximum atomic E-state index is 8.67. The van der Waals surface area contributed by atoms with Crippen LogP contribution in [0.2, 0.25) is 0 Å². The third-order valence-corrected chi connectivity index (χ3v) is 3.37. The lowest BCUT2D eigenvalue weighted by Gasteiger charge is -2.09. The Labute approximate surface area is 118 Å². The molecule has 0 aliphatic heterocycles. The van der Waals surface area contributed by atoms with Crippen LogP contribution >= 0.6 is 11.8 Å². The van der Waals surface area contributed by atoms with Crippen molar-refractivity contribution in [2.45, 2.75) is 19.8 Å². The first-order valence-electron chi connectivity index (χ1n) is 6.57. The van der Waals surface area contributed by atoms with Gasteiger partial charge in [0.1, 0.15) is 11.6 Å². The maximum absolute atomic E-state index is 8.67. The Balaban J connectivity index is 2.34. The predicted molar refractivity (Wildman–Crippen MR) is 82.7 cm³/mol. The van der Waals surface area contributed by atoms with Crippen molar-refractivity contribution in [2.24, 2.45) is 0 Å². The summed E-state index contributed by atoms with van der Waals surface area (Å²) in [5.74, 6) is 3.73. The molecule has 0 atom stereocenters. The zero-order valence-electron chi connectivity index (χ0n) is 11.4. The van der Waals surface area contributed by atoms with Crippen LogP contribution in [0.4, 0.5) is 17.6 Å². The summed E-state index contributed by atoms with van der Waals surface area (Å²) in [5, 5.41) is 15.1. The number of hydrogen-bond acceptors (Lipinski definition) is 7. The van der Waals surface area contributed by atoms with Gasteiger partial charge in [0.25, 0.3) is 0 Å². The van der Waals surface area contributed by atoms with Crippen molar-refractivity contribution in [1.29, 1.82) is 0 Å². The number of nitrogens with zero attached hydrogens (tertiary/aromatic N) is 2. The molecule has 0 radical (unpaired) electrons. The molecule has 1 aromatic heterocycles. The highest BCUT2D eigenvalue weighted by Gasteiger charge is 2.01. The number of thioether (sulfide) groups is 1. The molecule has 1 aromatic rings. The number of aromatic nitrogens is 2. The SMILES string of the molecule is CCCNc1cc(NCCSCCCO)nc(N)n1. The van der Waals surface area contributed by atoms with Gasteiger partial charge in [-0.3, -0.25) is 0 Å². The molecule has 0 aromatic carbocycles. The van der Waals surface area contributed by atoms with E-state index in [1.54, 1.807) is 11.8 Å². The van der Waals surface area contributed by atoms with Crippen LogP contribution in [0.25, 0.3) is 0 Å². The van der Waals surface area contributed by atoms with Crippen LogP contribution in [-0.2, 0) is 0 Å². The van der Waals surface area contributed by atoms with Gasteiger partial charge in [0.05, 0.1) is 0 Å². The molecule has 0 amide bonds. The summed E-state index contributed by atoms with van der Waals surface area (Å²) in [4.78, 5) is 8.26. The van der Waals surface area contributed by atoms with Crippen LogP contribution in [0, 0.1) is 0 Å². The third-order valence-electron chi connectivity index (χ3n) is 2.30. The van der Waals surface area contributed by atoms with Gasteiger partial charge in [0.2, 0.25) is 5.95 Å². The molecule has 0 aliphatic carbocycles. The van der Waals surface area contributed by atoms with Crippen LogP contribution in [0.1, 0.15) is 19.8 Å². The summed E-state index contributed by atoms with van der Waals surface area (Å²) in [7, 11) is 0. The molecule has 0 spiro atoms. The smallest absolute Gasteiger partial charge is 0.223 e. The van der Waals surface area contributed by atoms with Crippen molar-refractivity contribution >= 4 is 29.3 Å². The van der Waals surface area contributed by atoms with Gasteiger partial charge < -0.3 is 21.5 Å². The normalized spacial score (nSPS) is 10.4. The van der Waals surface area contributed by atoms with Gasteiger partial charge in [-0.15, -0.1) is 0 Å². The van der Waals surface area contributed by atoms with Gasteiger partial charge >= 0.3 is 0 Å². The van der Waals surface area contributed by atoms with E-state index in [-0.39, 0.29) is 12.6 Å². The van der Waals surface area contributed by atoms with Crippen molar-refractivity contribution in [1.82, 2.24) is 9.97 Å². The quantitative estimate of drug-likeness (QED) is 0.483. The first kappa shape index (κ1) is 15.8. The minimum absolute atomic E-state index is 0.259. The van der Waals surface area contributed by atoms with Gasteiger partial charge in [-0.25, -0.2) is 0 Å². The molecule has 108 valence electrons. The number of nitrogen functional groups attached to an aromatic ring is 1. The zero-order valence-corrected chi connectivity index (χ0v) is 12.2. The molecule has 5 N–H and O–H groups in total. The van der Waals surface area contributed by atoms with Gasteiger partial charge in [-0.2, -0.15) is 21.7 Å². The monoisotopic (exact) mass is 285 g/mol. The number of rotatable bonds is 10. The van der Waals surface area contributed by atoms with E-state index in [0.717, 1.165) is 49.1 Å². The molecule has 6 nitrogen and oxygen atoms in total. The molecule has 1 heterocycles. The van der Waals surface area contributed by atoms with Crippen molar-refractivity contribution in [3.8, 4) is 0 Å². The fraction of sp³-hybridized carbons (Fsp3) is 0.667. The second kappa shape index (κ2) is 9.69. The van der Waals surface area contributed by atoms with Crippen LogP contribution < -0.4 is 16.4 Å². The summed E-state index contributed by atoms with van der Waals surface area (Å²) in [6, 6.07) is 1.87. The molecule has 0 unspecified atom stereocenters. The van der Waals surface area contributed by atoms with E-state index in [0.29, 0.717) is 0 Å². The molecule has 1 rings (SSSR count). The highest BCUT2D eigenvalue weighted by Crippen LogP contribution is 2.12. The molecular formula is C12H23N5OS. The Hall–Kier alpha value is -1.21. The molecule has 0 bridgehead atoms. The van der Waals surface area contributed by atoms with E-state index in [1.165, 1.54) is 0 Å². The lowest BCUT2D eigenvalue weighted by Crippen LogP contribution is -2.10. The fourth-order valence-electron chi connectivity index (χ4n) is 1.42. The van der Waals surface area contributed by atoms with Crippen LogP contribution in [0.5, 0.6) is 0 Å². The van der Waals surface area contributed by atoms with Crippen LogP contribution in [0.3, 0.4) is 0 Å². The standard InChI is InChI=1S/C12H23N5OS/c1-2-4-14-10-9-11(17-12(13)16-10)15-5-8-19-7-3-6-18/h9,18H,2-8H2,1H3,(H4,13,14,15,16,17). The average Bonchev–Trinajstić information content (AvgIpc) is 2.40. The number of hydrogen-bond donors (Lipinski definition) is 4. The van der Waals surface area contributed by atoms with E-state index < -0.39 is 0 Å². The molecule has 0 saturated heterocycles. The molecule has 0 aliphatic rings.